The number of carboxylic acids is 1. The predicted molar refractivity (Wildman–Crippen MR) is 71.2 cm³/mol. The molecule has 0 saturated heterocycles. The smallest absolute Gasteiger partial charge is 0.303 e. The molecule has 0 aliphatic heterocycles. The average Bonchev–Trinajstić information content (AvgIpc) is 2.35. The molecule has 18 heavy (non-hydrogen) atoms. The molecule has 0 bridgehead atoms. The highest BCUT2D eigenvalue weighted by atomic mass is 16.4. The summed E-state index contributed by atoms with van der Waals surface area (Å²) in [5.41, 5.74) is 5.62. The van der Waals surface area contributed by atoms with Crippen molar-refractivity contribution >= 4 is 11.9 Å². The monoisotopic (exact) mass is 258 g/mol. The van der Waals surface area contributed by atoms with Crippen LogP contribution in [0.2, 0.25) is 0 Å². The fourth-order valence-electron chi connectivity index (χ4n) is 1.73. The van der Waals surface area contributed by atoms with Gasteiger partial charge in [-0.1, -0.05) is 33.1 Å². The third-order valence-corrected chi connectivity index (χ3v) is 3.11. The number of nitrogens with one attached hydrogen (secondary N) is 1. The van der Waals surface area contributed by atoms with Crippen LogP contribution < -0.4 is 11.1 Å². The number of hydrogen-bond donors (Lipinski definition) is 3. The summed E-state index contributed by atoms with van der Waals surface area (Å²) in [5, 5.41) is 11.3. The Labute approximate surface area is 109 Å². The number of aliphatic carboxylic acids is 1. The van der Waals surface area contributed by atoms with Gasteiger partial charge in [-0.25, -0.2) is 0 Å². The van der Waals surface area contributed by atoms with E-state index in [1.54, 1.807) is 0 Å². The van der Waals surface area contributed by atoms with Gasteiger partial charge in [-0.15, -0.1) is 0 Å². The molecule has 106 valence electrons. The second-order valence-electron chi connectivity index (χ2n) is 4.70. The average molecular weight is 258 g/mol. The van der Waals surface area contributed by atoms with Crippen molar-refractivity contribution < 1.29 is 14.7 Å². The Morgan fingerprint density at radius 3 is 2.44 bits per heavy atom. The maximum atomic E-state index is 11.6. The number of rotatable bonds is 10. The van der Waals surface area contributed by atoms with Crippen molar-refractivity contribution in [3.8, 4) is 0 Å². The zero-order valence-corrected chi connectivity index (χ0v) is 11.4. The van der Waals surface area contributed by atoms with Gasteiger partial charge in [0.25, 0.3) is 0 Å². The van der Waals surface area contributed by atoms with E-state index in [1.807, 2.05) is 0 Å². The van der Waals surface area contributed by atoms with Crippen LogP contribution in [0.25, 0.3) is 0 Å². The van der Waals surface area contributed by atoms with E-state index in [4.69, 9.17) is 10.8 Å². The van der Waals surface area contributed by atoms with Crippen molar-refractivity contribution in [2.45, 2.75) is 58.4 Å². The van der Waals surface area contributed by atoms with Crippen LogP contribution in [0.15, 0.2) is 0 Å². The second-order valence-corrected chi connectivity index (χ2v) is 4.70. The molecule has 0 heterocycles. The maximum Gasteiger partial charge on any atom is 0.303 e. The van der Waals surface area contributed by atoms with Crippen LogP contribution in [0.4, 0.5) is 0 Å². The third-order valence-electron chi connectivity index (χ3n) is 3.11. The van der Waals surface area contributed by atoms with Crippen molar-refractivity contribution in [2.24, 2.45) is 11.7 Å². The zero-order valence-electron chi connectivity index (χ0n) is 11.4. The summed E-state index contributed by atoms with van der Waals surface area (Å²) >= 11 is 0. The van der Waals surface area contributed by atoms with Gasteiger partial charge in [0.05, 0.1) is 6.04 Å². The Morgan fingerprint density at radius 2 is 1.94 bits per heavy atom. The maximum absolute atomic E-state index is 11.6. The quantitative estimate of drug-likeness (QED) is 0.554. The molecule has 0 spiro atoms. The summed E-state index contributed by atoms with van der Waals surface area (Å²) in [7, 11) is 0. The SMILES string of the molecule is CCCC[C@@H](CC)CNC(=O)[C@@H](N)CCC(=O)O. The fourth-order valence-corrected chi connectivity index (χ4v) is 1.73. The molecule has 0 aromatic rings. The van der Waals surface area contributed by atoms with Gasteiger partial charge in [-0.05, 0) is 18.8 Å². The lowest BCUT2D eigenvalue weighted by atomic mass is 9.99. The van der Waals surface area contributed by atoms with Crippen molar-refractivity contribution in [1.82, 2.24) is 5.32 Å². The van der Waals surface area contributed by atoms with E-state index in [9.17, 15) is 9.59 Å². The molecule has 0 saturated carbocycles. The van der Waals surface area contributed by atoms with Crippen LogP contribution in [-0.4, -0.2) is 29.6 Å². The molecule has 2 atom stereocenters. The molecule has 0 fully saturated rings. The van der Waals surface area contributed by atoms with Crippen LogP contribution in [0.1, 0.15) is 52.4 Å². The molecular weight excluding hydrogens is 232 g/mol. The highest BCUT2D eigenvalue weighted by molar-refractivity contribution is 5.82. The Bertz CT molecular complexity index is 257. The Hall–Kier alpha value is -1.10. The molecule has 0 unspecified atom stereocenters. The second kappa shape index (κ2) is 9.88. The molecule has 1 amide bonds. The molecule has 0 rings (SSSR count). The summed E-state index contributed by atoms with van der Waals surface area (Å²) in [6.07, 6.45) is 4.58. The Balaban J connectivity index is 3.88. The van der Waals surface area contributed by atoms with Crippen LogP contribution in [0, 0.1) is 5.92 Å². The van der Waals surface area contributed by atoms with Crippen molar-refractivity contribution in [2.75, 3.05) is 6.54 Å². The zero-order chi connectivity index (χ0) is 14.0. The molecule has 0 aromatic carbocycles. The minimum atomic E-state index is -0.923. The number of carbonyl (C=O) groups is 2. The molecule has 0 aliphatic carbocycles. The van der Waals surface area contributed by atoms with Gasteiger partial charge < -0.3 is 16.2 Å². The van der Waals surface area contributed by atoms with Gasteiger partial charge in [0, 0.05) is 13.0 Å². The molecule has 0 radical (unpaired) electrons. The van der Waals surface area contributed by atoms with Gasteiger partial charge in [-0.2, -0.15) is 0 Å². The first-order valence-corrected chi connectivity index (χ1v) is 6.76. The highest BCUT2D eigenvalue weighted by Crippen LogP contribution is 2.11. The minimum Gasteiger partial charge on any atom is -0.481 e. The highest BCUT2D eigenvalue weighted by Gasteiger charge is 2.15. The summed E-state index contributed by atoms with van der Waals surface area (Å²) in [5.74, 6) is -0.681. The lowest BCUT2D eigenvalue weighted by Crippen LogP contribution is -2.42. The Morgan fingerprint density at radius 1 is 1.28 bits per heavy atom. The van der Waals surface area contributed by atoms with Gasteiger partial charge in [-0.3, -0.25) is 9.59 Å². The summed E-state index contributed by atoms with van der Waals surface area (Å²) in [6, 6.07) is -0.718. The minimum absolute atomic E-state index is 0.0678. The first-order chi connectivity index (χ1) is 8.51. The molecule has 5 nitrogen and oxygen atoms in total. The van der Waals surface area contributed by atoms with Gasteiger partial charge in [0.15, 0.2) is 0 Å². The van der Waals surface area contributed by atoms with Gasteiger partial charge in [0.2, 0.25) is 5.91 Å². The first kappa shape index (κ1) is 16.9. The number of unbranched alkanes of at least 4 members (excludes halogenated alkanes) is 1. The van der Waals surface area contributed by atoms with Crippen molar-refractivity contribution in [3.05, 3.63) is 0 Å². The summed E-state index contributed by atoms with van der Waals surface area (Å²) in [4.78, 5) is 22.0. The largest absolute Gasteiger partial charge is 0.481 e. The number of carbonyl (C=O) groups excluding carboxylic acids is 1. The number of carboxylic acid groups (broad SMARTS) is 1. The number of amides is 1. The van der Waals surface area contributed by atoms with Crippen LogP contribution >= 0.6 is 0 Å². The first-order valence-electron chi connectivity index (χ1n) is 6.76. The third kappa shape index (κ3) is 8.06. The molecular formula is C13H26N2O3. The van der Waals surface area contributed by atoms with E-state index in [-0.39, 0.29) is 18.7 Å². The lowest BCUT2D eigenvalue weighted by Gasteiger charge is -2.17. The normalized spacial score (nSPS) is 13.9. The van der Waals surface area contributed by atoms with Crippen molar-refractivity contribution in [3.63, 3.8) is 0 Å². The van der Waals surface area contributed by atoms with E-state index in [0.717, 1.165) is 19.3 Å². The van der Waals surface area contributed by atoms with Crippen LogP contribution in [0.5, 0.6) is 0 Å². The number of nitrogens with two attached hydrogens (primary N) is 1. The lowest BCUT2D eigenvalue weighted by molar-refractivity contribution is -0.137. The van der Waals surface area contributed by atoms with E-state index < -0.39 is 12.0 Å². The van der Waals surface area contributed by atoms with E-state index >= 15 is 0 Å². The molecule has 5 heteroatoms. The molecule has 4 N–H and O–H groups in total. The number of hydrogen-bond acceptors (Lipinski definition) is 3. The summed E-state index contributed by atoms with van der Waals surface area (Å²) < 4.78 is 0. The predicted octanol–water partition coefficient (Wildman–Crippen LogP) is 1.51. The van der Waals surface area contributed by atoms with Crippen LogP contribution in [0.3, 0.4) is 0 Å². The van der Waals surface area contributed by atoms with E-state index in [0.29, 0.717) is 12.5 Å². The molecule has 0 aromatic heterocycles. The van der Waals surface area contributed by atoms with Gasteiger partial charge in [0.1, 0.15) is 0 Å². The topological polar surface area (TPSA) is 92.4 Å². The van der Waals surface area contributed by atoms with Crippen LogP contribution in [-0.2, 0) is 9.59 Å². The van der Waals surface area contributed by atoms with Crippen molar-refractivity contribution in [1.29, 1.82) is 0 Å². The fraction of sp³-hybridized carbons (Fsp3) is 0.846. The van der Waals surface area contributed by atoms with E-state index in [2.05, 4.69) is 19.2 Å². The Kier molecular flexibility index (Phi) is 9.28. The van der Waals surface area contributed by atoms with E-state index in [1.165, 1.54) is 6.42 Å². The molecule has 0 aliphatic rings. The standard InChI is InChI=1S/C13H26N2O3/c1-3-5-6-10(4-2)9-15-13(18)11(14)7-8-12(16)17/h10-11H,3-9,14H2,1-2H3,(H,15,18)(H,16,17)/t10-,11+/m1/s1. The van der Waals surface area contributed by atoms with Gasteiger partial charge >= 0.3 is 5.97 Å². The summed E-state index contributed by atoms with van der Waals surface area (Å²) in [6.45, 7) is 4.89.